The lowest BCUT2D eigenvalue weighted by Gasteiger charge is -2.17. The molecule has 0 heterocycles. The van der Waals surface area contributed by atoms with Crippen molar-refractivity contribution in [3.8, 4) is 0 Å². The molecule has 0 amide bonds. The van der Waals surface area contributed by atoms with Crippen LogP contribution in [-0.4, -0.2) is 7.05 Å². The van der Waals surface area contributed by atoms with Gasteiger partial charge in [-0.15, -0.1) is 0 Å². The summed E-state index contributed by atoms with van der Waals surface area (Å²) < 4.78 is 13.6. The molecule has 0 aromatic heterocycles. The van der Waals surface area contributed by atoms with E-state index in [1.54, 1.807) is 13.0 Å². The molecule has 2 aromatic rings. The van der Waals surface area contributed by atoms with Crippen molar-refractivity contribution in [2.75, 3.05) is 7.05 Å². The minimum absolute atomic E-state index is 0.120. The second kappa shape index (κ2) is 7.20. The van der Waals surface area contributed by atoms with Crippen LogP contribution in [0.15, 0.2) is 48.5 Å². The molecule has 1 N–H and O–H groups in total. The van der Waals surface area contributed by atoms with Crippen molar-refractivity contribution < 1.29 is 4.39 Å². The lowest BCUT2D eigenvalue weighted by molar-refractivity contribution is 0.521. The van der Waals surface area contributed by atoms with Gasteiger partial charge in [-0.3, -0.25) is 0 Å². The summed E-state index contributed by atoms with van der Waals surface area (Å²) in [4.78, 5) is 0. The van der Waals surface area contributed by atoms with Gasteiger partial charge in [0.25, 0.3) is 0 Å². The average molecular weight is 271 g/mol. The van der Waals surface area contributed by atoms with Crippen molar-refractivity contribution >= 4 is 0 Å². The van der Waals surface area contributed by atoms with E-state index in [2.05, 4.69) is 29.6 Å². The zero-order chi connectivity index (χ0) is 14.4. The molecular formula is C18H22FN. The molecule has 0 bridgehead atoms. The number of aryl methyl sites for hydroxylation is 2. The molecule has 0 spiro atoms. The van der Waals surface area contributed by atoms with Crippen LogP contribution in [0.3, 0.4) is 0 Å². The summed E-state index contributed by atoms with van der Waals surface area (Å²) in [6.07, 6.45) is 3.16. The molecule has 2 heteroatoms. The molecule has 1 nitrogen and oxygen atoms in total. The zero-order valence-corrected chi connectivity index (χ0v) is 12.2. The van der Waals surface area contributed by atoms with Crippen LogP contribution >= 0.6 is 0 Å². The normalized spacial score (nSPS) is 12.3. The van der Waals surface area contributed by atoms with Gasteiger partial charge in [-0.2, -0.15) is 0 Å². The molecule has 0 saturated carbocycles. The summed E-state index contributed by atoms with van der Waals surface area (Å²) in [6.45, 7) is 1.79. The number of rotatable bonds is 6. The number of hydrogen-bond acceptors (Lipinski definition) is 1. The summed E-state index contributed by atoms with van der Waals surface area (Å²) in [5, 5.41) is 3.28. The Kier molecular flexibility index (Phi) is 5.31. The van der Waals surface area contributed by atoms with E-state index in [0.29, 0.717) is 5.56 Å². The van der Waals surface area contributed by atoms with Crippen molar-refractivity contribution in [3.63, 3.8) is 0 Å². The first-order valence-corrected chi connectivity index (χ1v) is 7.18. The van der Waals surface area contributed by atoms with E-state index in [4.69, 9.17) is 0 Å². The van der Waals surface area contributed by atoms with Gasteiger partial charge in [-0.05, 0) is 56.0 Å². The van der Waals surface area contributed by atoms with E-state index in [1.807, 2.05) is 25.2 Å². The Labute approximate surface area is 120 Å². The van der Waals surface area contributed by atoms with Gasteiger partial charge >= 0.3 is 0 Å². The standard InChI is InChI=1S/C18H22FN/c1-14-11-12-16(13-17(14)19)18(20-2)10-6-9-15-7-4-3-5-8-15/h3-5,7-8,11-13,18,20H,6,9-10H2,1-2H3. The first kappa shape index (κ1) is 14.7. The second-order valence-electron chi connectivity index (χ2n) is 5.23. The fraction of sp³-hybridized carbons (Fsp3) is 0.333. The first-order chi connectivity index (χ1) is 9.70. The number of nitrogens with one attached hydrogen (secondary N) is 1. The van der Waals surface area contributed by atoms with Crippen LogP contribution in [0, 0.1) is 12.7 Å². The third-order valence-corrected chi connectivity index (χ3v) is 3.75. The van der Waals surface area contributed by atoms with Crippen molar-refractivity contribution in [2.24, 2.45) is 0 Å². The molecular weight excluding hydrogens is 249 g/mol. The maximum atomic E-state index is 13.6. The lowest BCUT2D eigenvalue weighted by Crippen LogP contribution is -2.16. The first-order valence-electron chi connectivity index (χ1n) is 7.18. The number of halogens is 1. The molecule has 2 rings (SSSR count). The highest BCUT2D eigenvalue weighted by Crippen LogP contribution is 2.21. The number of hydrogen-bond donors (Lipinski definition) is 1. The van der Waals surface area contributed by atoms with Gasteiger partial charge in [0.05, 0.1) is 0 Å². The highest BCUT2D eigenvalue weighted by molar-refractivity contribution is 5.26. The molecule has 0 aliphatic heterocycles. The van der Waals surface area contributed by atoms with Crippen LogP contribution in [0.1, 0.15) is 35.6 Å². The van der Waals surface area contributed by atoms with Crippen LogP contribution in [0.4, 0.5) is 4.39 Å². The lowest BCUT2D eigenvalue weighted by atomic mass is 9.98. The maximum Gasteiger partial charge on any atom is 0.126 e. The Hall–Kier alpha value is -1.67. The van der Waals surface area contributed by atoms with E-state index in [0.717, 1.165) is 24.8 Å². The molecule has 0 aliphatic rings. The zero-order valence-electron chi connectivity index (χ0n) is 12.2. The van der Waals surface area contributed by atoms with Crippen LogP contribution in [0.2, 0.25) is 0 Å². The van der Waals surface area contributed by atoms with Gasteiger partial charge in [0.2, 0.25) is 0 Å². The van der Waals surface area contributed by atoms with Gasteiger partial charge < -0.3 is 5.32 Å². The van der Waals surface area contributed by atoms with Crippen molar-refractivity contribution in [1.82, 2.24) is 5.32 Å². The van der Waals surface area contributed by atoms with E-state index >= 15 is 0 Å². The fourth-order valence-electron chi connectivity index (χ4n) is 2.46. The largest absolute Gasteiger partial charge is 0.313 e. The van der Waals surface area contributed by atoms with Crippen LogP contribution in [0.25, 0.3) is 0 Å². The van der Waals surface area contributed by atoms with Crippen molar-refractivity contribution in [2.45, 2.75) is 32.2 Å². The number of benzene rings is 2. The summed E-state index contributed by atoms with van der Waals surface area (Å²) in [6, 6.07) is 16.2. The highest BCUT2D eigenvalue weighted by Gasteiger charge is 2.10. The van der Waals surface area contributed by atoms with Crippen LogP contribution in [-0.2, 0) is 6.42 Å². The van der Waals surface area contributed by atoms with Gasteiger partial charge in [0.15, 0.2) is 0 Å². The van der Waals surface area contributed by atoms with Gasteiger partial charge in [-0.1, -0.05) is 42.5 Å². The Balaban J connectivity index is 1.93. The predicted octanol–water partition coefficient (Wildman–Crippen LogP) is 4.42. The van der Waals surface area contributed by atoms with Crippen molar-refractivity contribution in [1.29, 1.82) is 0 Å². The fourth-order valence-corrected chi connectivity index (χ4v) is 2.46. The maximum absolute atomic E-state index is 13.6. The van der Waals surface area contributed by atoms with E-state index in [1.165, 1.54) is 5.56 Å². The SMILES string of the molecule is CNC(CCCc1ccccc1)c1ccc(C)c(F)c1. The molecule has 0 fully saturated rings. The monoisotopic (exact) mass is 271 g/mol. The Morgan fingerprint density at radius 1 is 1.10 bits per heavy atom. The molecule has 106 valence electrons. The Bertz CT molecular complexity index is 536. The van der Waals surface area contributed by atoms with Gasteiger partial charge in [0.1, 0.15) is 5.82 Å². The molecule has 0 radical (unpaired) electrons. The molecule has 2 aromatic carbocycles. The van der Waals surface area contributed by atoms with Crippen LogP contribution in [0.5, 0.6) is 0 Å². The topological polar surface area (TPSA) is 12.0 Å². The smallest absolute Gasteiger partial charge is 0.126 e. The van der Waals surface area contributed by atoms with Gasteiger partial charge in [-0.25, -0.2) is 4.39 Å². The highest BCUT2D eigenvalue weighted by atomic mass is 19.1. The molecule has 0 aliphatic carbocycles. The van der Waals surface area contributed by atoms with Gasteiger partial charge in [0, 0.05) is 6.04 Å². The summed E-state index contributed by atoms with van der Waals surface area (Å²) in [5.74, 6) is -0.120. The van der Waals surface area contributed by atoms with Crippen LogP contribution < -0.4 is 5.32 Å². The summed E-state index contributed by atoms with van der Waals surface area (Å²) in [5.41, 5.74) is 3.09. The summed E-state index contributed by atoms with van der Waals surface area (Å²) in [7, 11) is 1.94. The van der Waals surface area contributed by atoms with E-state index in [9.17, 15) is 4.39 Å². The minimum atomic E-state index is -0.120. The molecule has 20 heavy (non-hydrogen) atoms. The predicted molar refractivity (Wildman–Crippen MR) is 82.3 cm³/mol. The minimum Gasteiger partial charge on any atom is -0.313 e. The third kappa shape index (κ3) is 3.91. The Morgan fingerprint density at radius 2 is 1.85 bits per heavy atom. The summed E-state index contributed by atoms with van der Waals surface area (Å²) >= 11 is 0. The quantitative estimate of drug-likeness (QED) is 0.820. The third-order valence-electron chi connectivity index (χ3n) is 3.75. The molecule has 1 atom stereocenters. The van der Waals surface area contributed by atoms with E-state index < -0.39 is 0 Å². The molecule has 1 unspecified atom stereocenters. The van der Waals surface area contributed by atoms with E-state index in [-0.39, 0.29) is 11.9 Å². The Morgan fingerprint density at radius 3 is 2.50 bits per heavy atom. The van der Waals surface area contributed by atoms with Crippen molar-refractivity contribution in [3.05, 3.63) is 71.0 Å². The second-order valence-corrected chi connectivity index (χ2v) is 5.23. The molecule has 0 saturated heterocycles. The average Bonchev–Trinajstić information content (AvgIpc) is 2.48.